The van der Waals surface area contributed by atoms with Crippen molar-refractivity contribution in [1.29, 1.82) is 0 Å². The number of piperidine rings is 1. The Labute approximate surface area is 163 Å². The topological polar surface area (TPSA) is 45.3 Å². The molecular formula is C22H36N2O3. The molecule has 5 fully saturated rings. The summed E-state index contributed by atoms with van der Waals surface area (Å²) < 4.78 is 12.0. The third kappa shape index (κ3) is 3.05. The van der Waals surface area contributed by atoms with E-state index in [2.05, 4.69) is 30.8 Å². The molecule has 3 aliphatic heterocycles. The minimum atomic E-state index is 0.0573. The maximum atomic E-state index is 12.8. The normalized spacial score (nSPS) is 47.8. The van der Waals surface area contributed by atoms with Crippen molar-refractivity contribution in [2.75, 3.05) is 40.3 Å². The quantitative estimate of drug-likeness (QED) is 0.559. The van der Waals surface area contributed by atoms with Gasteiger partial charge in [-0.15, -0.1) is 0 Å². The van der Waals surface area contributed by atoms with E-state index in [1.807, 2.05) is 0 Å². The standard InChI is InChI=1S/C22H36N2O3/c1-21-7-4-8-22(14-26-22)19(21)11-16-17(20(25)27-18(16)12-21)13-24(3)15-5-9-23(2)10-6-15/h15-19H,4-14H2,1-3H3/t16-,17-,18-,19-,21-,22+/m1/s1. The van der Waals surface area contributed by atoms with Gasteiger partial charge in [0.2, 0.25) is 0 Å². The second-order valence-electron chi connectivity index (χ2n) is 10.6. The van der Waals surface area contributed by atoms with Crippen LogP contribution in [-0.2, 0) is 14.3 Å². The number of hydrogen-bond acceptors (Lipinski definition) is 5. The van der Waals surface area contributed by atoms with E-state index in [1.165, 1.54) is 32.1 Å². The van der Waals surface area contributed by atoms with Crippen LogP contribution in [0, 0.1) is 23.2 Å². The van der Waals surface area contributed by atoms with Gasteiger partial charge in [-0.05, 0) is 83.5 Å². The lowest BCUT2D eigenvalue weighted by atomic mass is 9.53. The lowest BCUT2D eigenvalue weighted by molar-refractivity contribution is -0.147. The van der Waals surface area contributed by atoms with Crippen molar-refractivity contribution < 1.29 is 14.3 Å². The fourth-order valence-corrected chi connectivity index (χ4v) is 7.06. The Kier molecular flexibility index (Phi) is 4.38. The van der Waals surface area contributed by atoms with Gasteiger partial charge in [-0.3, -0.25) is 4.79 Å². The molecule has 2 saturated carbocycles. The van der Waals surface area contributed by atoms with E-state index in [0.717, 1.165) is 39.1 Å². The Balaban J connectivity index is 1.30. The first-order valence-electron chi connectivity index (χ1n) is 11.1. The number of esters is 1. The van der Waals surface area contributed by atoms with Crippen LogP contribution in [0.3, 0.4) is 0 Å². The van der Waals surface area contributed by atoms with Crippen LogP contribution in [0.15, 0.2) is 0 Å². The summed E-state index contributed by atoms with van der Waals surface area (Å²) in [4.78, 5) is 17.7. The molecule has 3 heterocycles. The van der Waals surface area contributed by atoms with Crippen molar-refractivity contribution >= 4 is 5.97 Å². The van der Waals surface area contributed by atoms with E-state index < -0.39 is 0 Å². The van der Waals surface area contributed by atoms with Crippen LogP contribution in [0.1, 0.15) is 51.9 Å². The zero-order chi connectivity index (χ0) is 18.8. The van der Waals surface area contributed by atoms with Gasteiger partial charge in [0.25, 0.3) is 0 Å². The summed E-state index contributed by atoms with van der Waals surface area (Å²) >= 11 is 0. The van der Waals surface area contributed by atoms with Crippen LogP contribution in [-0.4, -0.2) is 73.9 Å². The molecule has 0 bridgehead atoms. The van der Waals surface area contributed by atoms with Crippen molar-refractivity contribution in [3.05, 3.63) is 0 Å². The molecule has 3 saturated heterocycles. The lowest BCUT2D eigenvalue weighted by Gasteiger charge is -2.51. The number of carbonyl (C=O) groups excluding carboxylic acids is 1. The van der Waals surface area contributed by atoms with Crippen LogP contribution in [0.5, 0.6) is 0 Å². The van der Waals surface area contributed by atoms with Crippen molar-refractivity contribution in [3.63, 3.8) is 0 Å². The molecular weight excluding hydrogens is 340 g/mol. The molecule has 27 heavy (non-hydrogen) atoms. The molecule has 0 aromatic rings. The van der Waals surface area contributed by atoms with Crippen LogP contribution in [0.4, 0.5) is 0 Å². The fourth-order valence-electron chi connectivity index (χ4n) is 7.06. The molecule has 6 atom stereocenters. The molecule has 5 rings (SSSR count). The maximum Gasteiger partial charge on any atom is 0.310 e. The summed E-state index contributed by atoms with van der Waals surface area (Å²) in [5.74, 6) is 1.13. The van der Waals surface area contributed by atoms with Gasteiger partial charge in [0.15, 0.2) is 0 Å². The molecule has 0 radical (unpaired) electrons. The van der Waals surface area contributed by atoms with E-state index in [4.69, 9.17) is 9.47 Å². The molecule has 5 heteroatoms. The Morgan fingerprint density at radius 3 is 2.70 bits per heavy atom. The van der Waals surface area contributed by atoms with Crippen molar-refractivity contribution in [1.82, 2.24) is 9.80 Å². The van der Waals surface area contributed by atoms with Gasteiger partial charge in [0, 0.05) is 18.5 Å². The second kappa shape index (κ2) is 6.43. The van der Waals surface area contributed by atoms with Gasteiger partial charge in [-0.2, -0.15) is 0 Å². The van der Waals surface area contributed by atoms with Crippen molar-refractivity contribution in [2.45, 2.75) is 69.6 Å². The van der Waals surface area contributed by atoms with Crippen LogP contribution < -0.4 is 0 Å². The third-order valence-corrected chi connectivity index (χ3v) is 8.88. The highest BCUT2D eigenvalue weighted by Crippen LogP contribution is 2.62. The number of rotatable bonds is 3. The van der Waals surface area contributed by atoms with Gasteiger partial charge in [-0.1, -0.05) is 6.92 Å². The number of nitrogens with zero attached hydrogens (tertiary/aromatic N) is 2. The summed E-state index contributed by atoms with van der Waals surface area (Å²) in [5.41, 5.74) is 0.443. The summed E-state index contributed by atoms with van der Waals surface area (Å²) in [6, 6.07) is 0.606. The Bertz CT molecular complexity index is 598. The molecule has 5 aliphatic rings. The smallest absolute Gasteiger partial charge is 0.310 e. The molecule has 0 aromatic heterocycles. The first-order chi connectivity index (χ1) is 12.9. The van der Waals surface area contributed by atoms with E-state index in [1.54, 1.807) is 0 Å². The van der Waals surface area contributed by atoms with E-state index >= 15 is 0 Å². The number of epoxide rings is 1. The average Bonchev–Trinajstić information content (AvgIpc) is 3.33. The van der Waals surface area contributed by atoms with Crippen LogP contribution >= 0.6 is 0 Å². The summed E-state index contributed by atoms with van der Waals surface area (Å²) in [6.45, 7) is 6.57. The minimum Gasteiger partial charge on any atom is -0.462 e. The number of fused-ring (bicyclic) bond motifs is 3. The van der Waals surface area contributed by atoms with E-state index in [9.17, 15) is 4.79 Å². The van der Waals surface area contributed by atoms with Gasteiger partial charge in [0.05, 0.1) is 18.1 Å². The van der Waals surface area contributed by atoms with Crippen LogP contribution in [0.2, 0.25) is 0 Å². The van der Waals surface area contributed by atoms with E-state index in [0.29, 0.717) is 23.3 Å². The van der Waals surface area contributed by atoms with Gasteiger partial charge in [-0.25, -0.2) is 0 Å². The average molecular weight is 377 g/mol. The van der Waals surface area contributed by atoms with Gasteiger partial charge >= 0.3 is 5.97 Å². The van der Waals surface area contributed by atoms with Crippen molar-refractivity contribution in [2.24, 2.45) is 23.2 Å². The lowest BCUT2D eigenvalue weighted by Crippen LogP contribution is -2.51. The molecule has 152 valence electrons. The van der Waals surface area contributed by atoms with E-state index in [-0.39, 0.29) is 23.6 Å². The predicted octanol–water partition coefficient (Wildman–Crippen LogP) is 2.54. The number of likely N-dealkylation sites (tertiary alicyclic amines) is 1. The predicted molar refractivity (Wildman–Crippen MR) is 103 cm³/mol. The molecule has 0 unspecified atom stereocenters. The first kappa shape index (κ1) is 18.4. The van der Waals surface area contributed by atoms with Gasteiger partial charge in [0.1, 0.15) is 6.10 Å². The Morgan fingerprint density at radius 1 is 1.26 bits per heavy atom. The summed E-state index contributed by atoms with van der Waals surface area (Å²) in [7, 11) is 4.42. The molecule has 0 N–H and O–H groups in total. The maximum absolute atomic E-state index is 12.8. The first-order valence-corrected chi connectivity index (χ1v) is 11.1. The Morgan fingerprint density at radius 2 is 2.00 bits per heavy atom. The number of hydrogen-bond donors (Lipinski definition) is 0. The summed E-state index contributed by atoms with van der Waals surface area (Å²) in [5, 5.41) is 0. The third-order valence-electron chi connectivity index (χ3n) is 8.88. The SMILES string of the molecule is CN1CCC(N(C)C[C@H]2C(=O)O[C@@H]3C[C@@]4(C)CCC[C@]5(CO5)[C@@H]4C[C@@H]32)CC1. The summed E-state index contributed by atoms with van der Waals surface area (Å²) in [6.07, 6.45) is 8.49. The Hall–Kier alpha value is -0.650. The zero-order valence-electron chi connectivity index (χ0n) is 17.3. The molecule has 5 nitrogen and oxygen atoms in total. The largest absolute Gasteiger partial charge is 0.462 e. The second-order valence-corrected chi connectivity index (χ2v) is 10.6. The van der Waals surface area contributed by atoms with Crippen LogP contribution in [0.25, 0.3) is 0 Å². The highest BCUT2D eigenvalue weighted by Gasteiger charge is 2.65. The molecule has 1 spiro atoms. The molecule has 2 aliphatic carbocycles. The number of carbonyl (C=O) groups is 1. The van der Waals surface area contributed by atoms with Gasteiger partial charge < -0.3 is 19.3 Å². The molecule has 0 aromatic carbocycles. The number of ether oxygens (including phenoxy) is 2. The highest BCUT2D eigenvalue weighted by molar-refractivity contribution is 5.75. The van der Waals surface area contributed by atoms with Crippen molar-refractivity contribution in [3.8, 4) is 0 Å². The monoisotopic (exact) mass is 376 g/mol. The minimum absolute atomic E-state index is 0.0573. The molecule has 0 amide bonds. The zero-order valence-corrected chi connectivity index (χ0v) is 17.3. The fraction of sp³-hybridized carbons (Fsp3) is 0.955. The highest BCUT2D eigenvalue weighted by atomic mass is 16.6.